The molecular weight excluding hydrogens is 270 g/mol. The van der Waals surface area contributed by atoms with E-state index in [-0.39, 0.29) is 0 Å². The summed E-state index contributed by atoms with van der Waals surface area (Å²) in [6, 6.07) is 7.09. The molecule has 3 nitrogen and oxygen atoms in total. The summed E-state index contributed by atoms with van der Waals surface area (Å²) in [5, 5.41) is 0. The van der Waals surface area contributed by atoms with E-state index in [9.17, 15) is 8.42 Å². The molecule has 0 radical (unpaired) electrons. The summed E-state index contributed by atoms with van der Waals surface area (Å²) in [6.45, 7) is 3.03. The van der Waals surface area contributed by atoms with E-state index in [1.165, 1.54) is 11.1 Å². The lowest BCUT2D eigenvalue weighted by molar-refractivity contribution is 0.479. The zero-order chi connectivity index (χ0) is 14.2. The molecule has 3 rings (SSSR count). The van der Waals surface area contributed by atoms with Crippen LogP contribution >= 0.6 is 0 Å². The van der Waals surface area contributed by atoms with Gasteiger partial charge in [0.25, 0.3) is 0 Å². The Labute approximate surface area is 120 Å². The number of rotatable bonds is 2. The standard InChI is InChI=1S/C16H19NO2S/c1-13-7-9-16(10-8-13)20(18,19)17-11-14-5-3-2-4-6-15(14)12-17/h3,5,7-10H,2,4,6,11-12H2,1H3. The molecule has 0 N–H and O–H groups in total. The van der Waals surface area contributed by atoms with Crippen molar-refractivity contribution in [3.8, 4) is 0 Å². The number of benzene rings is 1. The third kappa shape index (κ3) is 2.45. The van der Waals surface area contributed by atoms with Gasteiger partial charge < -0.3 is 0 Å². The summed E-state index contributed by atoms with van der Waals surface area (Å²) in [4.78, 5) is 0.393. The van der Waals surface area contributed by atoms with Crippen molar-refractivity contribution in [2.24, 2.45) is 0 Å². The molecule has 0 spiro atoms. The first-order chi connectivity index (χ1) is 9.57. The molecule has 0 atom stereocenters. The molecule has 20 heavy (non-hydrogen) atoms. The minimum absolute atomic E-state index is 0.393. The Hall–Kier alpha value is -1.39. The van der Waals surface area contributed by atoms with Crippen LogP contribution in [0, 0.1) is 6.92 Å². The predicted octanol–water partition coefficient (Wildman–Crippen LogP) is 3.04. The molecule has 1 aromatic carbocycles. The van der Waals surface area contributed by atoms with Gasteiger partial charge in [-0.25, -0.2) is 8.42 Å². The highest BCUT2D eigenvalue weighted by Gasteiger charge is 2.31. The van der Waals surface area contributed by atoms with Crippen LogP contribution < -0.4 is 0 Å². The Morgan fingerprint density at radius 3 is 2.60 bits per heavy atom. The van der Waals surface area contributed by atoms with E-state index in [0.29, 0.717) is 18.0 Å². The first-order valence-electron chi connectivity index (χ1n) is 7.01. The normalized spacial score (nSPS) is 20.1. The monoisotopic (exact) mass is 289 g/mol. The van der Waals surface area contributed by atoms with Crippen molar-refractivity contribution in [3.63, 3.8) is 0 Å². The van der Waals surface area contributed by atoms with E-state index in [1.807, 2.05) is 19.1 Å². The topological polar surface area (TPSA) is 37.4 Å². The van der Waals surface area contributed by atoms with E-state index in [2.05, 4.69) is 12.2 Å². The van der Waals surface area contributed by atoms with Crippen molar-refractivity contribution in [2.75, 3.05) is 13.1 Å². The molecule has 0 bridgehead atoms. The molecule has 2 aliphatic rings. The van der Waals surface area contributed by atoms with Gasteiger partial charge in [-0.05, 0) is 43.9 Å². The van der Waals surface area contributed by atoms with Crippen LogP contribution in [0.2, 0.25) is 0 Å². The SMILES string of the molecule is Cc1ccc(S(=O)(=O)N2CC3=C(CCCC=C3)C2)cc1. The molecule has 1 aliphatic heterocycles. The van der Waals surface area contributed by atoms with Gasteiger partial charge in [0.05, 0.1) is 4.90 Å². The van der Waals surface area contributed by atoms with Gasteiger partial charge >= 0.3 is 0 Å². The maximum atomic E-state index is 12.7. The third-order valence-corrected chi connectivity index (χ3v) is 5.80. The van der Waals surface area contributed by atoms with Crippen molar-refractivity contribution < 1.29 is 8.42 Å². The highest BCUT2D eigenvalue weighted by molar-refractivity contribution is 7.89. The van der Waals surface area contributed by atoms with Gasteiger partial charge in [0.2, 0.25) is 10.0 Å². The molecule has 1 aromatic rings. The van der Waals surface area contributed by atoms with Crippen molar-refractivity contribution >= 4 is 10.0 Å². The summed E-state index contributed by atoms with van der Waals surface area (Å²) in [5.41, 5.74) is 3.55. The summed E-state index contributed by atoms with van der Waals surface area (Å²) in [5.74, 6) is 0. The minimum Gasteiger partial charge on any atom is -0.207 e. The fourth-order valence-electron chi connectivity index (χ4n) is 2.77. The quantitative estimate of drug-likeness (QED) is 0.839. The fraction of sp³-hybridized carbons (Fsp3) is 0.375. The van der Waals surface area contributed by atoms with E-state index in [4.69, 9.17) is 0 Å². The number of allylic oxidation sites excluding steroid dienone is 1. The lowest BCUT2D eigenvalue weighted by Crippen LogP contribution is -2.29. The first-order valence-corrected chi connectivity index (χ1v) is 8.45. The van der Waals surface area contributed by atoms with Gasteiger partial charge in [0.15, 0.2) is 0 Å². The Morgan fingerprint density at radius 2 is 1.85 bits per heavy atom. The van der Waals surface area contributed by atoms with Crippen molar-refractivity contribution in [1.82, 2.24) is 4.31 Å². The van der Waals surface area contributed by atoms with Gasteiger partial charge in [-0.1, -0.05) is 35.4 Å². The Morgan fingerprint density at radius 1 is 1.10 bits per heavy atom. The van der Waals surface area contributed by atoms with E-state index < -0.39 is 10.0 Å². The smallest absolute Gasteiger partial charge is 0.207 e. The van der Waals surface area contributed by atoms with Crippen LogP contribution in [-0.2, 0) is 10.0 Å². The molecule has 0 saturated heterocycles. The van der Waals surface area contributed by atoms with Crippen LogP contribution in [0.3, 0.4) is 0 Å². The molecule has 0 fully saturated rings. The number of aryl methyl sites for hydroxylation is 1. The minimum atomic E-state index is -3.37. The van der Waals surface area contributed by atoms with Crippen LogP contribution in [0.1, 0.15) is 24.8 Å². The number of hydrogen-bond donors (Lipinski definition) is 0. The van der Waals surface area contributed by atoms with E-state index in [0.717, 1.165) is 24.8 Å². The zero-order valence-corrected chi connectivity index (χ0v) is 12.5. The Balaban J connectivity index is 1.86. The predicted molar refractivity (Wildman–Crippen MR) is 80.0 cm³/mol. The van der Waals surface area contributed by atoms with Gasteiger partial charge in [-0.3, -0.25) is 0 Å². The van der Waals surface area contributed by atoms with Gasteiger partial charge in [0, 0.05) is 13.1 Å². The van der Waals surface area contributed by atoms with Gasteiger partial charge in [0.1, 0.15) is 0 Å². The summed E-state index contributed by atoms with van der Waals surface area (Å²) in [6.07, 6.45) is 7.49. The van der Waals surface area contributed by atoms with Gasteiger partial charge in [-0.2, -0.15) is 4.31 Å². The average Bonchev–Trinajstić information content (AvgIpc) is 2.72. The second kappa shape index (κ2) is 5.19. The maximum absolute atomic E-state index is 12.7. The molecule has 0 unspecified atom stereocenters. The fourth-order valence-corrected chi connectivity index (χ4v) is 4.18. The lowest BCUT2D eigenvalue weighted by atomic mass is 10.1. The molecule has 4 heteroatoms. The van der Waals surface area contributed by atoms with E-state index in [1.54, 1.807) is 16.4 Å². The zero-order valence-electron chi connectivity index (χ0n) is 11.7. The molecular formula is C16H19NO2S. The largest absolute Gasteiger partial charge is 0.243 e. The van der Waals surface area contributed by atoms with E-state index >= 15 is 0 Å². The molecule has 1 aliphatic carbocycles. The molecule has 1 heterocycles. The van der Waals surface area contributed by atoms with Crippen LogP contribution in [0.25, 0.3) is 0 Å². The number of sulfonamides is 1. The summed E-state index contributed by atoms with van der Waals surface area (Å²) < 4.78 is 26.9. The third-order valence-electron chi connectivity index (χ3n) is 4.00. The van der Waals surface area contributed by atoms with Crippen LogP contribution in [-0.4, -0.2) is 25.8 Å². The Kier molecular flexibility index (Phi) is 3.52. The van der Waals surface area contributed by atoms with Crippen LogP contribution in [0.15, 0.2) is 52.5 Å². The molecule has 0 amide bonds. The lowest BCUT2D eigenvalue weighted by Gasteiger charge is -2.17. The number of hydrogen-bond acceptors (Lipinski definition) is 2. The molecule has 0 aromatic heterocycles. The highest BCUT2D eigenvalue weighted by atomic mass is 32.2. The molecule has 0 saturated carbocycles. The summed E-state index contributed by atoms with van der Waals surface area (Å²) in [7, 11) is -3.37. The molecule has 106 valence electrons. The van der Waals surface area contributed by atoms with Crippen LogP contribution in [0.4, 0.5) is 0 Å². The number of nitrogens with zero attached hydrogens (tertiary/aromatic N) is 1. The maximum Gasteiger partial charge on any atom is 0.243 e. The van der Waals surface area contributed by atoms with Crippen molar-refractivity contribution in [2.45, 2.75) is 31.1 Å². The van der Waals surface area contributed by atoms with Crippen molar-refractivity contribution in [1.29, 1.82) is 0 Å². The second-order valence-electron chi connectivity index (χ2n) is 5.51. The summed E-state index contributed by atoms with van der Waals surface area (Å²) >= 11 is 0. The van der Waals surface area contributed by atoms with Crippen molar-refractivity contribution in [3.05, 3.63) is 53.1 Å². The Bertz CT molecular complexity index is 669. The van der Waals surface area contributed by atoms with Gasteiger partial charge in [-0.15, -0.1) is 0 Å². The van der Waals surface area contributed by atoms with Crippen LogP contribution in [0.5, 0.6) is 0 Å². The second-order valence-corrected chi connectivity index (χ2v) is 7.45. The highest BCUT2D eigenvalue weighted by Crippen LogP contribution is 2.30. The average molecular weight is 289 g/mol. The first kappa shape index (κ1) is 13.6.